The lowest BCUT2D eigenvalue weighted by Gasteiger charge is -2.50. The molecule has 3 saturated heterocycles. The van der Waals surface area contributed by atoms with Crippen molar-refractivity contribution >= 4 is 29.4 Å². The highest BCUT2D eigenvalue weighted by molar-refractivity contribution is 6.30. The van der Waals surface area contributed by atoms with E-state index in [-0.39, 0.29) is 43.7 Å². The summed E-state index contributed by atoms with van der Waals surface area (Å²) in [4.78, 5) is 44.1. The number of alkyl carbamates (subject to hydrolysis) is 1. The van der Waals surface area contributed by atoms with Crippen LogP contribution in [0.15, 0.2) is 24.3 Å². The van der Waals surface area contributed by atoms with Gasteiger partial charge >= 0.3 is 12.1 Å². The predicted molar refractivity (Wildman–Crippen MR) is 238 cm³/mol. The molecule has 3 aliphatic rings. The first-order valence-corrected chi connectivity index (χ1v) is 23.0. The molecule has 3 heterocycles. The van der Waals surface area contributed by atoms with Gasteiger partial charge in [0.1, 0.15) is 29.2 Å². The van der Waals surface area contributed by atoms with Gasteiger partial charge in [-0.1, -0.05) is 51.4 Å². The number of benzene rings is 1. The van der Waals surface area contributed by atoms with Gasteiger partial charge in [-0.25, -0.2) is 4.79 Å². The molecule has 0 saturated carbocycles. The molecule has 366 valence electrons. The molecule has 0 aromatic heterocycles. The molecular formula is C47H77ClN2O14. The molecule has 1 amide bonds. The topological polar surface area (TPSA) is 190 Å². The Hall–Kier alpha value is -2.48. The van der Waals surface area contributed by atoms with Crippen LogP contribution in [-0.4, -0.2) is 153 Å². The third-order valence-corrected chi connectivity index (χ3v) is 14.3. The van der Waals surface area contributed by atoms with Gasteiger partial charge in [-0.3, -0.25) is 9.59 Å². The van der Waals surface area contributed by atoms with Gasteiger partial charge in [-0.15, -0.1) is 0 Å². The molecule has 0 spiro atoms. The van der Waals surface area contributed by atoms with Crippen molar-refractivity contribution in [3.63, 3.8) is 0 Å². The summed E-state index contributed by atoms with van der Waals surface area (Å²) in [7, 11) is 8.23. The monoisotopic (exact) mass is 929 g/mol. The highest BCUT2D eigenvalue weighted by Crippen LogP contribution is 2.42. The Morgan fingerprint density at radius 3 is 2.06 bits per heavy atom. The van der Waals surface area contributed by atoms with Crippen molar-refractivity contribution in [1.82, 2.24) is 10.2 Å². The summed E-state index contributed by atoms with van der Waals surface area (Å²) in [6.07, 6.45) is -9.01. The molecule has 1 aromatic carbocycles. The van der Waals surface area contributed by atoms with Gasteiger partial charge in [0.2, 0.25) is 0 Å². The second kappa shape index (κ2) is 22.5. The lowest BCUT2D eigenvalue weighted by molar-refractivity contribution is -0.319. The Bertz CT molecular complexity index is 1690. The summed E-state index contributed by atoms with van der Waals surface area (Å²) in [5.41, 5.74) is -3.34. The summed E-state index contributed by atoms with van der Waals surface area (Å²) in [6, 6.07) is 6.77. The van der Waals surface area contributed by atoms with Crippen LogP contribution in [-0.2, 0) is 58.8 Å². The van der Waals surface area contributed by atoms with E-state index >= 15 is 0 Å². The zero-order valence-corrected chi connectivity index (χ0v) is 41.4. The molecule has 17 heteroatoms. The van der Waals surface area contributed by atoms with Crippen LogP contribution in [0.4, 0.5) is 4.79 Å². The molecule has 3 N–H and O–H groups in total. The number of nitrogens with one attached hydrogen (secondary N) is 1. The van der Waals surface area contributed by atoms with Crippen molar-refractivity contribution in [2.75, 3.05) is 35.4 Å². The van der Waals surface area contributed by atoms with Crippen LogP contribution in [0.25, 0.3) is 0 Å². The Kier molecular flexibility index (Phi) is 19.1. The quantitative estimate of drug-likeness (QED) is 0.217. The Morgan fingerprint density at radius 2 is 1.50 bits per heavy atom. The lowest BCUT2D eigenvalue weighted by atomic mass is 9.73. The van der Waals surface area contributed by atoms with Gasteiger partial charge < -0.3 is 63.1 Å². The number of methoxy groups -OCH3 is 3. The number of amides is 1. The first kappa shape index (κ1) is 54.1. The number of hydrogen-bond acceptors (Lipinski definition) is 15. The molecule has 16 nitrogen and oxygen atoms in total. The summed E-state index contributed by atoms with van der Waals surface area (Å²) in [5, 5.41) is 27.2. The molecule has 0 bridgehead atoms. The summed E-state index contributed by atoms with van der Waals surface area (Å²) < 4.78 is 57.1. The number of Topliss-reactive ketones (excluding diaryl/α,β-unsaturated/α-hetero) is 1. The highest BCUT2D eigenvalue weighted by atomic mass is 35.5. The van der Waals surface area contributed by atoms with E-state index in [1.165, 1.54) is 28.3 Å². The number of carbonyl (C=O) groups excluding carboxylic acids is 3. The van der Waals surface area contributed by atoms with E-state index in [0.29, 0.717) is 11.4 Å². The molecule has 1 aromatic rings. The molecule has 64 heavy (non-hydrogen) atoms. The molecule has 0 aliphatic carbocycles. The number of nitrogens with zero attached hydrogens (tertiary/aromatic N) is 1. The number of halogens is 1. The zero-order chi connectivity index (χ0) is 48.1. The van der Waals surface area contributed by atoms with Gasteiger partial charge in [0.05, 0.1) is 42.0 Å². The molecule has 0 radical (unpaired) electrons. The minimum Gasteiger partial charge on any atom is -0.459 e. The van der Waals surface area contributed by atoms with Crippen molar-refractivity contribution < 1.29 is 67.2 Å². The van der Waals surface area contributed by atoms with Gasteiger partial charge in [0.25, 0.3) is 0 Å². The van der Waals surface area contributed by atoms with Crippen molar-refractivity contribution in [2.45, 2.75) is 186 Å². The number of hydrogen-bond donors (Lipinski definition) is 3. The standard InChI is InChI=1S/C47H77ClN2O14/c1-16-34-47(10,55)40(56-13)27(4)36(51)25(2)22-45(8,57-14)39(63-43-37(52)33(50(11)12)21-26(3)59-43)28(5)38(29(6)42(53)61-34)62-35-23-46(9,58-15)41(30(7)60-35)64-44(54)49-24-31-17-19-32(48)20-18-31/h17-20,25-30,33-35,37-41,43,52,55H,16,21-24H2,1-15H3,(H,49,54)/t25-,26-,27+,28+,29-,30+,33+,34-,35+,37-,38+,39-,40-,41+,43+,45-,46-,47-/m1/s1. The van der Waals surface area contributed by atoms with E-state index in [1.807, 2.05) is 39.8 Å². The van der Waals surface area contributed by atoms with Crippen LogP contribution in [0.5, 0.6) is 0 Å². The number of esters is 1. The van der Waals surface area contributed by atoms with E-state index in [4.69, 9.17) is 54.2 Å². The Labute approximate surface area is 385 Å². The number of aliphatic hydroxyl groups excluding tert-OH is 1. The fourth-order valence-corrected chi connectivity index (χ4v) is 10.3. The van der Waals surface area contributed by atoms with E-state index < -0.39 is 108 Å². The molecule has 4 rings (SSSR count). The van der Waals surface area contributed by atoms with Crippen LogP contribution in [0.2, 0.25) is 5.02 Å². The minimum atomic E-state index is -1.78. The van der Waals surface area contributed by atoms with E-state index in [0.717, 1.165) is 5.56 Å². The lowest BCUT2D eigenvalue weighted by Crippen LogP contribution is -2.62. The minimum absolute atomic E-state index is 0.0682. The number of ether oxygens (including phenoxy) is 9. The van der Waals surface area contributed by atoms with Crippen LogP contribution >= 0.6 is 11.6 Å². The number of aliphatic hydroxyl groups is 2. The summed E-state index contributed by atoms with van der Waals surface area (Å²) in [6.45, 7) is 17.8. The van der Waals surface area contributed by atoms with Crippen molar-refractivity contribution in [3.05, 3.63) is 34.9 Å². The molecule has 0 unspecified atom stereocenters. The predicted octanol–water partition coefficient (Wildman–Crippen LogP) is 5.68. The smallest absolute Gasteiger partial charge is 0.407 e. The number of likely N-dealkylation sites (N-methyl/N-ethyl adjacent to an activating group) is 1. The number of cyclic esters (lactones) is 1. The third-order valence-electron chi connectivity index (χ3n) is 14.0. The van der Waals surface area contributed by atoms with Crippen molar-refractivity contribution in [2.24, 2.45) is 23.7 Å². The SMILES string of the molecule is CC[C@H]1OC(=O)[C@H](C)[C@@H](O[C@H]2C[C@@](C)(OC)[C@@H](OC(=O)NCc3ccc(Cl)cc3)[C@H](C)O2)[C@H](C)[C@@H](O[C@@H]2O[C@H](C)C[C@H](N(C)C)[C@H]2O)[C@](C)(OC)C[C@@H](C)C(=O)[C@H](C)[C@@H](OC)[C@]1(C)O. The third kappa shape index (κ3) is 12.3. The first-order valence-electron chi connectivity index (χ1n) is 22.6. The second-order valence-corrected chi connectivity index (χ2v) is 19.6. The number of carbonyl (C=O) groups is 3. The number of rotatable bonds is 12. The molecule has 3 aliphatic heterocycles. The molecule has 3 fully saturated rings. The van der Waals surface area contributed by atoms with E-state index in [1.54, 1.807) is 65.8 Å². The maximum atomic E-state index is 14.6. The average molecular weight is 930 g/mol. The van der Waals surface area contributed by atoms with Gasteiger partial charge in [-0.2, -0.15) is 0 Å². The fourth-order valence-electron chi connectivity index (χ4n) is 10.2. The number of ketones is 1. The Morgan fingerprint density at radius 1 is 0.891 bits per heavy atom. The summed E-state index contributed by atoms with van der Waals surface area (Å²) in [5.74, 6) is -4.13. The van der Waals surface area contributed by atoms with Crippen molar-refractivity contribution in [3.8, 4) is 0 Å². The van der Waals surface area contributed by atoms with Crippen LogP contribution in [0, 0.1) is 23.7 Å². The molecule has 18 atom stereocenters. The van der Waals surface area contributed by atoms with Gasteiger partial charge in [-0.05, 0) is 92.6 Å². The van der Waals surface area contributed by atoms with Crippen LogP contribution < -0.4 is 5.32 Å². The largest absolute Gasteiger partial charge is 0.459 e. The zero-order valence-electron chi connectivity index (χ0n) is 40.6. The molecular weight excluding hydrogens is 852 g/mol. The Balaban J connectivity index is 1.78. The first-order chi connectivity index (χ1) is 29.9. The van der Waals surface area contributed by atoms with E-state index in [9.17, 15) is 24.6 Å². The summed E-state index contributed by atoms with van der Waals surface area (Å²) >= 11 is 6.03. The van der Waals surface area contributed by atoms with Crippen LogP contribution in [0.3, 0.4) is 0 Å². The van der Waals surface area contributed by atoms with Crippen molar-refractivity contribution in [1.29, 1.82) is 0 Å². The normalized spacial score (nSPS) is 41.8. The maximum absolute atomic E-state index is 14.6. The van der Waals surface area contributed by atoms with E-state index in [2.05, 4.69) is 5.32 Å². The highest BCUT2D eigenvalue weighted by Gasteiger charge is 2.55. The van der Waals surface area contributed by atoms with Gasteiger partial charge in [0.15, 0.2) is 18.7 Å². The van der Waals surface area contributed by atoms with Crippen LogP contribution in [0.1, 0.15) is 100 Å². The fraction of sp³-hybridized carbons (Fsp3) is 0.809. The van der Waals surface area contributed by atoms with Gasteiger partial charge in [0, 0.05) is 63.1 Å². The maximum Gasteiger partial charge on any atom is 0.407 e. The second-order valence-electron chi connectivity index (χ2n) is 19.2. The average Bonchev–Trinajstić information content (AvgIpc) is 3.24.